The monoisotopic (exact) mass is 299 g/mol. The molecule has 0 fully saturated rings. The molecule has 0 radical (unpaired) electrons. The Morgan fingerprint density at radius 2 is 2.16 bits per heavy atom. The zero-order valence-electron chi connectivity index (χ0n) is 11.2. The van der Waals surface area contributed by atoms with E-state index in [1.54, 1.807) is 17.0 Å². The number of hydrogen-bond donors (Lipinski definition) is 2. The van der Waals surface area contributed by atoms with Crippen molar-refractivity contribution in [3.63, 3.8) is 0 Å². The second kappa shape index (κ2) is 6.73. The Labute approximate surface area is 123 Å². The van der Waals surface area contributed by atoms with E-state index in [9.17, 15) is 4.79 Å². The lowest BCUT2D eigenvalue weighted by molar-refractivity contribution is 0.206. The number of anilines is 1. The summed E-state index contributed by atoms with van der Waals surface area (Å²) >= 11 is 10.9. The number of carbonyl (C=O) groups is 1. The van der Waals surface area contributed by atoms with Gasteiger partial charge in [0.2, 0.25) is 0 Å². The molecule has 0 aliphatic carbocycles. The number of benzene rings is 1. The Morgan fingerprint density at radius 1 is 1.53 bits per heavy atom. The van der Waals surface area contributed by atoms with Crippen LogP contribution in [0.15, 0.2) is 18.2 Å². The van der Waals surface area contributed by atoms with Crippen molar-refractivity contribution in [2.75, 3.05) is 11.9 Å². The number of thiocarbonyl (C=S) groups is 1. The summed E-state index contributed by atoms with van der Waals surface area (Å²) in [6.07, 6.45) is 0. The molecule has 19 heavy (non-hydrogen) atoms. The van der Waals surface area contributed by atoms with Crippen molar-refractivity contribution < 1.29 is 4.79 Å². The first-order chi connectivity index (χ1) is 8.81. The minimum Gasteiger partial charge on any atom is -0.392 e. The van der Waals surface area contributed by atoms with E-state index < -0.39 is 0 Å². The predicted molar refractivity (Wildman–Crippen MR) is 83.8 cm³/mol. The molecular formula is C13H18ClN3OS. The van der Waals surface area contributed by atoms with Crippen LogP contribution in [-0.2, 0) is 0 Å². The Balaban J connectivity index is 2.81. The average molecular weight is 300 g/mol. The fourth-order valence-electron chi connectivity index (χ4n) is 1.52. The molecule has 0 atom stereocenters. The zero-order chi connectivity index (χ0) is 14.6. The van der Waals surface area contributed by atoms with E-state index in [-0.39, 0.29) is 23.6 Å². The molecule has 3 N–H and O–H groups in total. The van der Waals surface area contributed by atoms with E-state index in [0.29, 0.717) is 10.7 Å². The van der Waals surface area contributed by atoms with Gasteiger partial charge < -0.3 is 16.0 Å². The second-order valence-corrected chi connectivity index (χ2v) is 5.51. The highest BCUT2D eigenvalue weighted by Gasteiger charge is 2.17. The molecule has 0 aromatic heterocycles. The van der Waals surface area contributed by atoms with E-state index in [4.69, 9.17) is 29.6 Å². The summed E-state index contributed by atoms with van der Waals surface area (Å²) in [5.41, 5.74) is 7.10. The van der Waals surface area contributed by atoms with Gasteiger partial charge in [-0.05, 0) is 38.5 Å². The molecule has 1 aromatic carbocycles. The van der Waals surface area contributed by atoms with E-state index in [2.05, 4.69) is 5.32 Å². The molecule has 0 aliphatic rings. The summed E-state index contributed by atoms with van der Waals surface area (Å²) in [5, 5.41) is 3.40. The van der Waals surface area contributed by atoms with Crippen molar-refractivity contribution in [1.29, 1.82) is 0 Å². The molecule has 6 heteroatoms. The number of carbonyl (C=O) groups excluding carboxylic acids is 1. The number of urea groups is 1. The van der Waals surface area contributed by atoms with E-state index in [0.717, 1.165) is 5.56 Å². The minimum absolute atomic E-state index is 0.00224. The van der Waals surface area contributed by atoms with Crippen LogP contribution in [-0.4, -0.2) is 28.5 Å². The normalized spacial score (nSPS) is 10.4. The SMILES string of the molecule is Cc1ccc(NC(=O)N(CC(N)=S)C(C)C)cc1Cl. The molecular weight excluding hydrogens is 282 g/mol. The maximum atomic E-state index is 12.1. The number of rotatable bonds is 4. The van der Waals surface area contributed by atoms with Gasteiger partial charge in [0.25, 0.3) is 0 Å². The van der Waals surface area contributed by atoms with Crippen molar-refractivity contribution in [2.24, 2.45) is 5.73 Å². The Bertz CT molecular complexity index is 491. The Kier molecular flexibility index (Phi) is 5.57. The molecule has 1 rings (SSSR count). The van der Waals surface area contributed by atoms with Crippen molar-refractivity contribution in [1.82, 2.24) is 4.90 Å². The van der Waals surface area contributed by atoms with Crippen LogP contribution in [0.2, 0.25) is 5.02 Å². The number of nitrogens with two attached hydrogens (primary N) is 1. The summed E-state index contributed by atoms with van der Waals surface area (Å²) in [6, 6.07) is 5.13. The van der Waals surface area contributed by atoms with Crippen LogP contribution in [0.3, 0.4) is 0 Å². The quantitative estimate of drug-likeness (QED) is 0.840. The van der Waals surface area contributed by atoms with Gasteiger partial charge in [-0.1, -0.05) is 29.9 Å². The highest BCUT2D eigenvalue weighted by Crippen LogP contribution is 2.20. The van der Waals surface area contributed by atoms with Crippen LogP contribution in [0, 0.1) is 6.92 Å². The summed E-state index contributed by atoms with van der Waals surface area (Å²) in [7, 11) is 0. The first-order valence-corrected chi connectivity index (χ1v) is 6.72. The maximum absolute atomic E-state index is 12.1. The van der Waals surface area contributed by atoms with Gasteiger partial charge in [-0.3, -0.25) is 0 Å². The first kappa shape index (κ1) is 15.7. The molecule has 0 saturated carbocycles. The van der Waals surface area contributed by atoms with Crippen LogP contribution >= 0.6 is 23.8 Å². The topological polar surface area (TPSA) is 58.4 Å². The molecule has 0 bridgehead atoms. The smallest absolute Gasteiger partial charge is 0.322 e. The Hall–Kier alpha value is -1.33. The van der Waals surface area contributed by atoms with Gasteiger partial charge in [0.15, 0.2) is 0 Å². The zero-order valence-corrected chi connectivity index (χ0v) is 12.8. The summed E-state index contributed by atoms with van der Waals surface area (Å²) in [4.78, 5) is 14.0. The van der Waals surface area contributed by atoms with E-state index in [1.165, 1.54) is 0 Å². The summed E-state index contributed by atoms with van der Waals surface area (Å²) in [5.74, 6) is 0. The van der Waals surface area contributed by atoms with E-state index >= 15 is 0 Å². The van der Waals surface area contributed by atoms with Crippen molar-refractivity contribution in [3.05, 3.63) is 28.8 Å². The van der Waals surface area contributed by atoms with Crippen LogP contribution < -0.4 is 11.1 Å². The molecule has 0 unspecified atom stereocenters. The summed E-state index contributed by atoms with van der Waals surface area (Å²) < 4.78 is 0. The largest absolute Gasteiger partial charge is 0.392 e. The molecule has 0 spiro atoms. The molecule has 2 amide bonds. The third-order valence-electron chi connectivity index (χ3n) is 2.63. The lowest BCUT2D eigenvalue weighted by atomic mass is 10.2. The van der Waals surface area contributed by atoms with Gasteiger partial charge in [-0.2, -0.15) is 0 Å². The lowest BCUT2D eigenvalue weighted by Gasteiger charge is -2.26. The third-order valence-corrected chi connectivity index (χ3v) is 3.17. The fourth-order valence-corrected chi connectivity index (χ4v) is 1.84. The molecule has 0 aliphatic heterocycles. The number of hydrogen-bond acceptors (Lipinski definition) is 2. The highest BCUT2D eigenvalue weighted by atomic mass is 35.5. The van der Waals surface area contributed by atoms with Gasteiger partial charge in [0.1, 0.15) is 0 Å². The van der Waals surface area contributed by atoms with Crippen LogP contribution in [0.25, 0.3) is 0 Å². The molecule has 4 nitrogen and oxygen atoms in total. The number of aryl methyl sites for hydroxylation is 1. The van der Waals surface area contributed by atoms with Gasteiger partial charge in [0, 0.05) is 16.8 Å². The first-order valence-electron chi connectivity index (χ1n) is 5.93. The van der Waals surface area contributed by atoms with E-state index in [1.807, 2.05) is 26.8 Å². The molecule has 0 saturated heterocycles. The number of nitrogens with one attached hydrogen (secondary N) is 1. The van der Waals surface area contributed by atoms with Crippen molar-refractivity contribution >= 4 is 40.5 Å². The number of halogens is 1. The van der Waals surface area contributed by atoms with Gasteiger partial charge in [-0.15, -0.1) is 0 Å². The molecule has 104 valence electrons. The maximum Gasteiger partial charge on any atom is 0.322 e. The lowest BCUT2D eigenvalue weighted by Crippen LogP contribution is -2.44. The average Bonchev–Trinajstić information content (AvgIpc) is 2.30. The standard InChI is InChI=1S/C13H18ClN3OS/c1-8(2)17(7-12(15)19)13(18)16-10-5-4-9(3)11(14)6-10/h4-6,8H,7H2,1-3H3,(H2,15,19)(H,16,18). The van der Waals surface area contributed by atoms with Crippen LogP contribution in [0.5, 0.6) is 0 Å². The van der Waals surface area contributed by atoms with Crippen LogP contribution in [0.4, 0.5) is 10.5 Å². The minimum atomic E-state index is -0.247. The highest BCUT2D eigenvalue weighted by molar-refractivity contribution is 7.80. The Morgan fingerprint density at radius 3 is 2.63 bits per heavy atom. The second-order valence-electron chi connectivity index (χ2n) is 4.58. The van der Waals surface area contributed by atoms with Crippen molar-refractivity contribution in [2.45, 2.75) is 26.8 Å². The summed E-state index contributed by atoms with van der Waals surface area (Å²) in [6.45, 7) is 5.96. The number of amides is 2. The molecule has 1 aromatic rings. The van der Waals surface area contributed by atoms with Gasteiger partial charge in [-0.25, -0.2) is 4.79 Å². The van der Waals surface area contributed by atoms with Gasteiger partial charge in [0.05, 0.1) is 11.5 Å². The van der Waals surface area contributed by atoms with Crippen molar-refractivity contribution in [3.8, 4) is 0 Å². The number of nitrogens with zero attached hydrogens (tertiary/aromatic N) is 1. The predicted octanol–water partition coefficient (Wildman–Crippen LogP) is 3.18. The van der Waals surface area contributed by atoms with Gasteiger partial charge >= 0.3 is 6.03 Å². The fraction of sp³-hybridized carbons (Fsp3) is 0.385. The van der Waals surface area contributed by atoms with Crippen LogP contribution in [0.1, 0.15) is 19.4 Å². The third kappa shape index (κ3) is 4.69. The molecule has 0 heterocycles.